The van der Waals surface area contributed by atoms with Gasteiger partial charge in [-0.2, -0.15) is 0 Å². The highest BCUT2D eigenvalue weighted by Gasteiger charge is 2.33. The molecular weight excluding hydrogens is 243 g/mol. The molecule has 5 heteroatoms. The van der Waals surface area contributed by atoms with Gasteiger partial charge in [-0.05, 0) is 24.8 Å². The Morgan fingerprint density at radius 1 is 1.59 bits per heavy atom. The second-order valence-electron chi connectivity index (χ2n) is 4.29. The van der Waals surface area contributed by atoms with Gasteiger partial charge in [-0.3, -0.25) is 4.79 Å². The highest BCUT2D eigenvalue weighted by molar-refractivity contribution is 6.30. The SMILES string of the molecule is NC(C(=O)NCc1cccc(Cl)c1F)C1CC1. The van der Waals surface area contributed by atoms with Gasteiger partial charge < -0.3 is 11.1 Å². The minimum Gasteiger partial charge on any atom is -0.351 e. The van der Waals surface area contributed by atoms with E-state index in [0.717, 1.165) is 12.8 Å². The standard InChI is InChI=1S/C12H14ClFN2O/c13-9-3-1-2-8(10(9)14)6-16-12(17)11(15)7-4-5-7/h1-3,7,11H,4-6,15H2,(H,16,17). The van der Waals surface area contributed by atoms with Crippen LogP contribution < -0.4 is 11.1 Å². The van der Waals surface area contributed by atoms with Crippen molar-refractivity contribution >= 4 is 17.5 Å². The third-order valence-electron chi connectivity index (χ3n) is 2.92. The number of benzene rings is 1. The fraction of sp³-hybridized carbons (Fsp3) is 0.417. The van der Waals surface area contributed by atoms with Crippen molar-refractivity contribution in [2.45, 2.75) is 25.4 Å². The van der Waals surface area contributed by atoms with Crippen LogP contribution in [0.4, 0.5) is 4.39 Å². The number of carbonyl (C=O) groups is 1. The molecule has 1 unspecified atom stereocenters. The fourth-order valence-electron chi connectivity index (χ4n) is 1.65. The molecule has 0 bridgehead atoms. The lowest BCUT2D eigenvalue weighted by atomic mass is 10.1. The van der Waals surface area contributed by atoms with Crippen molar-refractivity contribution in [3.8, 4) is 0 Å². The van der Waals surface area contributed by atoms with E-state index in [9.17, 15) is 9.18 Å². The minimum absolute atomic E-state index is 0.0586. The van der Waals surface area contributed by atoms with Crippen molar-refractivity contribution in [3.05, 3.63) is 34.6 Å². The van der Waals surface area contributed by atoms with Crippen molar-refractivity contribution in [1.29, 1.82) is 0 Å². The summed E-state index contributed by atoms with van der Waals surface area (Å²) in [5.41, 5.74) is 6.09. The monoisotopic (exact) mass is 256 g/mol. The molecule has 1 amide bonds. The number of hydrogen-bond donors (Lipinski definition) is 2. The first-order valence-corrected chi connectivity index (χ1v) is 5.93. The van der Waals surface area contributed by atoms with E-state index in [1.807, 2.05) is 0 Å². The molecule has 3 nitrogen and oxygen atoms in total. The lowest BCUT2D eigenvalue weighted by molar-refractivity contribution is -0.122. The highest BCUT2D eigenvalue weighted by atomic mass is 35.5. The number of hydrogen-bond acceptors (Lipinski definition) is 2. The lowest BCUT2D eigenvalue weighted by Crippen LogP contribution is -2.41. The van der Waals surface area contributed by atoms with Gasteiger partial charge in [0.25, 0.3) is 0 Å². The van der Waals surface area contributed by atoms with Gasteiger partial charge in [-0.25, -0.2) is 4.39 Å². The average molecular weight is 257 g/mol. The van der Waals surface area contributed by atoms with E-state index in [1.54, 1.807) is 12.1 Å². The summed E-state index contributed by atoms with van der Waals surface area (Å²) >= 11 is 5.64. The molecule has 1 aliphatic rings. The van der Waals surface area contributed by atoms with Crippen LogP contribution in [-0.2, 0) is 11.3 Å². The van der Waals surface area contributed by atoms with Crippen molar-refractivity contribution in [2.75, 3.05) is 0 Å². The molecule has 3 N–H and O–H groups in total. The predicted octanol–water partition coefficient (Wildman–Crippen LogP) is 1.83. The molecule has 1 aromatic carbocycles. The average Bonchev–Trinajstić information content (AvgIpc) is 3.13. The minimum atomic E-state index is -0.491. The first kappa shape index (κ1) is 12.3. The van der Waals surface area contributed by atoms with Crippen molar-refractivity contribution < 1.29 is 9.18 Å². The number of rotatable bonds is 4. The second kappa shape index (κ2) is 5.02. The summed E-state index contributed by atoms with van der Waals surface area (Å²) in [5, 5.41) is 2.68. The first-order valence-electron chi connectivity index (χ1n) is 5.56. The van der Waals surface area contributed by atoms with Crippen LogP contribution in [0, 0.1) is 11.7 Å². The maximum absolute atomic E-state index is 13.5. The molecule has 1 aromatic rings. The molecule has 0 radical (unpaired) electrons. The Labute approximate surface area is 104 Å². The zero-order valence-corrected chi connectivity index (χ0v) is 10.0. The molecule has 1 aliphatic carbocycles. The Morgan fingerprint density at radius 3 is 2.94 bits per heavy atom. The largest absolute Gasteiger partial charge is 0.351 e. The van der Waals surface area contributed by atoms with E-state index in [0.29, 0.717) is 11.5 Å². The molecule has 0 aromatic heterocycles. The topological polar surface area (TPSA) is 55.1 Å². The molecule has 0 heterocycles. The maximum Gasteiger partial charge on any atom is 0.237 e. The van der Waals surface area contributed by atoms with Crippen molar-refractivity contribution in [3.63, 3.8) is 0 Å². The third-order valence-corrected chi connectivity index (χ3v) is 3.21. The van der Waals surface area contributed by atoms with Crippen LogP contribution in [0.25, 0.3) is 0 Å². The second-order valence-corrected chi connectivity index (χ2v) is 4.70. The van der Waals surface area contributed by atoms with E-state index >= 15 is 0 Å². The van der Waals surface area contributed by atoms with Gasteiger partial charge in [0.15, 0.2) is 0 Å². The Hall–Kier alpha value is -1.13. The van der Waals surface area contributed by atoms with E-state index in [4.69, 9.17) is 17.3 Å². The van der Waals surface area contributed by atoms with Gasteiger partial charge in [-0.15, -0.1) is 0 Å². The summed E-state index contributed by atoms with van der Waals surface area (Å²) in [7, 11) is 0. The van der Waals surface area contributed by atoms with Crippen molar-refractivity contribution in [2.24, 2.45) is 11.7 Å². The fourth-order valence-corrected chi connectivity index (χ4v) is 1.85. The van der Waals surface area contributed by atoms with Crippen molar-refractivity contribution in [1.82, 2.24) is 5.32 Å². The van der Waals surface area contributed by atoms with Gasteiger partial charge in [-0.1, -0.05) is 23.7 Å². The van der Waals surface area contributed by atoms with Crippen LogP contribution in [0.1, 0.15) is 18.4 Å². The molecule has 0 aliphatic heterocycles. The highest BCUT2D eigenvalue weighted by Crippen LogP contribution is 2.31. The third kappa shape index (κ3) is 2.96. The molecule has 2 rings (SSSR count). The molecule has 0 spiro atoms. The van der Waals surface area contributed by atoms with Gasteiger partial charge >= 0.3 is 0 Å². The first-order chi connectivity index (χ1) is 8.09. The van der Waals surface area contributed by atoms with Crippen LogP contribution >= 0.6 is 11.6 Å². The zero-order chi connectivity index (χ0) is 12.4. The molecule has 1 saturated carbocycles. The van der Waals surface area contributed by atoms with E-state index in [1.165, 1.54) is 6.07 Å². The number of nitrogens with two attached hydrogens (primary N) is 1. The Morgan fingerprint density at radius 2 is 2.29 bits per heavy atom. The summed E-state index contributed by atoms with van der Waals surface area (Å²) < 4.78 is 13.5. The lowest BCUT2D eigenvalue weighted by Gasteiger charge is -2.11. The Kier molecular flexibility index (Phi) is 3.64. The predicted molar refractivity (Wildman–Crippen MR) is 64.0 cm³/mol. The van der Waals surface area contributed by atoms with Crippen LogP contribution in [0.3, 0.4) is 0 Å². The van der Waals surface area contributed by atoms with Crippen LogP contribution in [0.2, 0.25) is 5.02 Å². The van der Waals surface area contributed by atoms with Crippen LogP contribution in [-0.4, -0.2) is 11.9 Å². The molecule has 17 heavy (non-hydrogen) atoms. The number of nitrogens with one attached hydrogen (secondary N) is 1. The molecule has 92 valence electrons. The summed E-state index contributed by atoms with van der Waals surface area (Å²) in [5.74, 6) is -0.430. The van der Waals surface area contributed by atoms with E-state index < -0.39 is 11.9 Å². The van der Waals surface area contributed by atoms with Gasteiger partial charge in [0, 0.05) is 12.1 Å². The summed E-state index contributed by atoms with van der Waals surface area (Å²) in [6.45, 7) is 0.117. The molecule has 1 atom stereocenters. The number of amides is 1. The van der Waals surface area contributed by atoms with E-state index in [-0.39, 0.29) is 17.5 Å². The smallest absolute Gasteiger partial charge is 0.237 e. The molecular formula is C12H14ClFN2O. The molecule has 0 saturated heterocycles. The van der Waals surface area contributed by atoms with Gasteiger partial charge in [0.05, 0.1) is 11.1 Å². The summed E-state index contributed by atoms with van der Waals surface area (Å²) in [6.07, 6.45) is 2.00. The quantitative estimate of drug-likeness (QED) is 0.864. The summed E-state index contributed by atoms with van der Waals surface area (Å²) in [4.78, 5) is 11.6. The maximum atomic E-state index is 13.5. The van der Waals surface area contributed by atoms with Gasteiger partial charge in [0.2, 0.25) is 5.91 Å². The van der Waals surface area contributed by atoms with Crippen LogP contribution in [0.5, 0.6) is 0 Å². The van der Waals surface area contributed by atoms with Crippen LogP contribution in [0.15, 0.2) is 18.2 Å². The Bertz CT molecular complexity index is 435. The summed E-state index contributed by atoms with van der Waals surface area (Å²) in [6, 6.07) is 4.23. The molecule has 1 fully saturated rings. The number of carbonyl (C=O) groups excluding carboxylic acids is 1. The van der Waals surface area contributed by atoms with E-state index in [2.05, 4.69) is 5.32 Å². The Balaban J connectivity index is 1.93. The normalized spacial score (nSPS) is 16.6. The van der Waals surface area contributed by atoms with Gasteiger partial charge in [0.1, 0.15) is 5.82 Å². The zero-order valence-electron chi connectivity index (χ0n) is 9.25. The number of halogens is 2.